The molecule has 0 atom stereocenters. The summed E-state index contributed by atoms with van der Waals surface area (Å²) < 4.78 is 35.3. The number of benzene rings is 1. The minimum absolute atomic E-state index is 0. The van der Waals surface area contributed by atoms with Gasteiger partial charge in [-0.3, -0.25) is 0 Å². The van der Waals surface area contributed by atoms with E-state index in [1.54, 1.807) is 0 Å². The maximum atomic E-state index is 11.8. The topological polar surface area (TPSA) is 0 Å². The Morgan fingerprint density at radius 1 is 1.18 bits per heavy atom. The van der Waals surface area contributed by atoms with Crippen LogP contribution in [-0.2, 0) is 22.7 Å². The van der Waals surface area contributed by atoms with E-state index in [0.29, 0.717) is 0 Å². The summed E-state index contributed by atoms with van der Waals surface area (Å²) in [5.74, 6) is 0. The van der Waals surface area contributed by atoms with Gasteiger partial charge in [-0.1, -0.05) is 5.56 Å². The van der Waals surface area contributed by atoms with Crippen LogP contribution in [0.3, 0.4) is 0 Å². The molecule has 0 saturated carbocycles. The fraction of sp³-hybridized carbons (Fsp3) is 0.143. The quantitative estimate of drug-likeness (QED) is 0.449. The van der Waals surface area contributed by atoms with E-state index < -0.39 is 11.7 Å². The van der Waals surface area contributed by atoms with Gasteiger partial charge < -0.3 is 0 Å². The molecule has 4 heteroatoms. The standard InChI is InChI=1S/C7H4F3.Ni/c8-7(9,10)6-4-2-1-3-5-6;/h1-4H;/q-1;. The molecule has 0 aliphatic carbocycles. The van der Waals surface area contributed by atoms with Gasteiger partial charge in [0.2, 0.25) is 0 Å². The smallest absolute Gasteiger partial charge is 0.176 e. The second kappa shape index (κ2) is 3.77. The van der Waals surface area contributed by atoms with Gasteiger partial charge in [0, 0.05) is 16.5 Å². The molecule has 0 aromatic heterocycles. The first-order chi connectivity index (χ1) is 4.61. The van der Waals surface area contributed by atoms with Crippen molar-refractivity contribution in [2.45, 2.75) is 6.18 Å². The Balaban J connectivity index is 0.000001000. The van der Waals surface area contributed by atoms with Crippen LogP contribution >= 0.6 is 0 Å². The molecular weight excluding hydrogens is 200 g/mol. The van der Waals surface area contributed by atoms with E-state index in [1.165, 1.54) is 18.2 Å². The van der Waals surface area contributed by atoms with Crippen LogP contribution in [0.2, 0.25) is 0 Å². The van der Waals surface area contributed by atoms with Gasteiger partial charge in [0.05, 0.1) is 0 Å². The van der Waals surface area contributed by atoms with E-state index in [9.17, 15) is 13.2 Å². The van der Waals surface area contributed by atoms with Crippen LogP contribution in [0, 0.1) is 6.07 Å². The summed E-state index contributed by atoms with van der Waals surface area (Å²) in [5, 5.41) is 0. The molecule has 1 aromatic rings. The van der Waals surface area contributed by atoms with Crippen molar-refractivity contribution in [3.05, 3.63) is 35.9 Å². The molecule has 0 saturated heterocycles. The average molecular weight is 204 g/mol. The van der Waals surface area contributed by atoms with Gasteiger partial charge in [-0.2, -0.15) is 43.5 Å². The summed E-state index contributed by atoms with van der Waals surface area (Å²) in [6.45, 7) is 0. The summed E-state index contributed by atoms with van der Waals surface area (Å²) in [7, 11) is 0. The Morgan fingerprint density at radius 3 is 2.09 bits per heavy atom. The normalized spacial score (nSPS) is 10.5. The van der Waals surface area contributed by atoms with Gasteiger partial charge in [0.25, 0.3) is 0 Å². The Hall–Kier alpha value is -0.496. The van der Waals surface area contributed by atoms with Crippen LogP contribution in [0.1, 0.15) is 5.56 Å². The minimum atomic E-state index is -4.26. The van der Waals surface area contributed by atoms with Crippen LogP contribution < -0.4 is 0 Å². The predicted octanol–water partition coefficient (Wildman–Crippen LogP) is 2.50. The summed E-state index contributed by atoms with van der Waals surface area (Å²) in [6, 6.07) is 7.14. The van der Waals surface area contributed by atoms with E-state index in [-0.39, 0.29) is 16.5 Å². The molecule has 0 bridgehead atoms. The zero-order valence-corrected chi connectivity index (χ0v) is 6.25. The second-order valence-electron chi connectivity index (χ2n) is 1.77. The summed E-state index contributed by atoms with van der Waals surface area (Å²) in [5.41, 5.74) is -0.727. The van der Waals surface area contributed by atoms with Gasteiger partial charge in [0.1, 0.15) is 0 Å². The SMILES string of the molecule is FC(F)(F)c1[c-]cccc1.[Ni]. The Labute approximate surface area is 72.3 Å². The summed E-state index contributed by atoms with van der Waals surface area (Å²) in [6.07, 6.45) is -4.26. The number of alkyl halides is 3. The molecule has 0 heterocycles. The third kappa shape index (κ3) is 2.93. The van der Waals surface area contributed by atoms with E-state index in [4.69, 9.17) is 0 Å². The Morgan fingerprint density at radius 2 is 1.82 bits per heavy atom. The second-order valence-corrected chi connectivity index (χ2v) is 1.77. The number of hydrogen-bond acceptors (Lipinski definition) is 0. The Bertz CT molecular complexity index is 205. The van der Waals surface area contributed by atoms with E-state index >= 15 is 0 Å². The predicted molar refractivity (Wildman–Crippen MR) is 30.3 cm³/mol. The molecule has 0 aliphatic rings. The first-order valence-corrected chi connectivity index (χ1v) is 2.64. The van der Waals surface area contributed by atoms with E-state index in [2.05, 4.69) is 6.07 Å². The molecule has 1 rings (SSSR count). The average Bonchev–Trinajstić information content (AvgIpc) is 1.88. The molecule has 0 fully saturated rings. The molecule has 64 valence electrons. The van der Waals surface area contributed by atoms with Crippen molar-refractivity contribution in [3.8, 4) is 0 Å². The maximum absolute atomic E-state index is 11.8. The first kappa shape index (κ1) is 10.5. The molecule has 0 radical (unpaired) electrons. The van der Waals surface area contributed by atoms with Crippen molar-refractivity contribution in [2.75, 3.05) is 0 Å². The molecule has 0 amide bonds. The molecule has 0 nitrogen and oxygen atoms in total. The van der Waals surface area contributed by atoms with Crippen LogP contribution in [0.5, 0.6) is 0 Å². The largest absolute Gasteiger partial charge is 0.394 e. The van der Waals surface area contributed by atoms with Crippen LogP contribution in [0.25, 0.3) is 0 Å². The zero-order chi connectivity index (χ0) is 7.61. The van der Waals surface area contributed by atoms with Crippen molar-refractivity contribution >= 4 is 0 Å². The van der Waals surface area contributed by atoms with Crippen LogP contribution in [0.4, 0.5) is 13.2 Å². The van der Waals surface area contributed by atoms with Crippen molar-refractivity contribution in [2.24, 2.45) is 0 Å². The van der Waals surface area contributed by atoms with Crippen LogP contribution in [-0.4, -0.2) is 0 Å². The van der Waals surface area contributed by atoms with Crippen molar-refractivity contribution in [1.82, 2.24) is 0 Å². The Kier molecular flexibility index (Phi) is 3.60. The van der Waals surface area contributed by atoms with Crippen molar-refractivity contribution in [1.29, 1.82) is 0 Å². The third-order valence-electron chi connectivity index (χ3n) is 1.01. The zero-order valence-electron chi connectivity index (χ0n) is 5.26. The first-order valence-electron chi connectivity index (χ1n) is 2.64. The van der Waals surface area contributed by atoms with Crippen molar-refractivity contribution < 1.29 is 29.7 Å². The summed E-state index contributed by atoms with van der Waals surface area (Å²) in [4.78, 5) is 0. The van der Waals surface area contributed by atoms with Gasteiger partial charge in [-0.15, -0.1) is 0 Å². The number of hydrogen-bond donors (Lipinski definition) is 0. The van der Waals surface area contributed by atoms with Gasteiger partial charge >= 0.3 is 6.18 Å². The minimum Gasteiger partial charge on any atom is -0.176 e. The number of rotatable bonds is 0. The molecule has 0 N–H and O–H groups in total. The molecule has 0 aliphatic heterocycles. The molecule has 0 unspecified atom stereocenters. The molecular formula is C7H4F3Ni-. The fourth-order valence-corrected chi connectivity index (χ4v) is 0.570. The van der Waals surface area contributed by atoms with Gasteiger partial charge in [-0.25, -0.2) is 0 Å². The maximum Gasteiger partial charge on any atom is 0.394 e. The van der Waals surface area contributed by atoms with Crippen molar-refractivity contribution in [3.63, 3.8) is 0 Å². The fourth-order valence-electron chi connectivity index (χ4n) is 0.570. The molecule has 1 aromatic carbocycles. The summed E-state index contributed by atoms with van der Waals surface area (Å²) >= 11 is 0. The van der Waals surface area contributed by atoms with Gasteiger partial charge in [-0.05, 0) is 0 Å². The number of halogens is 3. The van der Waals surface area contributed by atoms with Gasteiger partial charge in [0.15, 0.2) is 0 Å². The van der Waals surface area contributed by atoms with E-state index in [0.717, 1.165) is 6.07 Å². The van der Waals surface area contributed by atoms with Crippen LogP contribution in [0.15, 0.2) is 24.3 Å². The monoisotopic (exact) mass is 203 g/mol. The van der Waals surface area contributed by atoms with E-state index in [1.807, 2.05) is 0 Å². The molecule has 0 spiro atoms. The molecule has 11 heavy (non-hydrogen) atoms. The third-order valence-corrected chi connectivity index (χ3v) is 1.01.